The molecule has 3 aromatic rings. The SMILES string of the molecule is O=C([C@H]1Cc2ccccc2O1)N1CCc2sccc2[C@H]1c1cccs1. The highest BCUT2D eigenvalue weighted by Gasteiger charge is 2.39. The molecule has 1 amide bonds. The van der Waals surface area contributed by atoms with Crippen LogP contribution in [0.1, 0.15) is 26.9 Å². The van der Waals surface area contributed by atoms with Gasteiger partial charge < -0.3 is 9.64 Å². The van der Waals surface area contributed by atoms with E-state index in [1.54, 1.807) is 22.7 Å². The molecular formula is C20H17NO2S2. The largest absolute Gasteiger partial charge is 0.480 e. The number of fused-ring (bicyclic) bond motifs is 2. The molecule has 0 saturated carbocycles. The zero-order chi connectivity index (χ0) is 16.8. The third-order valence-corrected chi connectivity index (χ3v) is 6.91. The molecule has 0 saturated heterocycles. The van der Waals surface area contributed by atoms with E-state index in [-0.39, 0.29) is 11.9 Å². The van der Waals surface area contributed by atoms with E-state index < -0.39 is 6.10 Å². The van der Waals surface area contributed by atoms with E-state index in [1.807, 2.05) is 29.2 Å². The minimum Gasteiger partial charge on any atom is -0.480 e. The second-order valence-electron chi connectivity index (χ2n) is 6.42. The third-order valence-electron chi connectivity index (χ3n) is 4.98. The predicted molar refractivity (Wildman–Crippen MR) is 100 cm³/mol. The molecule has 3 nitrogen and oxygen atoms in total. The van der Waals surface area contributed by atoms with Crippen molar-refractivity contribution in [1.82, 2.24) is 4.90 Å². The topological polar surface area (TPSA) is 29.5 Å². The number of rotatable bonds is 2. The van der Waals surface area contributed by atoms with E-state index in [9.17, 15) is 4.79 Å². The molecule has 1 aromatic carbocycles. The van der Waals surface area contributed by atoms with Gasteiger partial charge in [0.05, 0.1) is 6.04 Å². The molecule has 0 fully saturated rings. The number of hydrogen-bond donors (Lipinski definition) is 0. The lowest BCUT2D eigenvalue weighted by Gasteiger charge is -2.36. The Labute approximate surface area is 154 Å². The lowest BCUT2D eigenvalue weighted by molar-refractivity contribution is -0.140. The van der Waals surface area contributed by atoms with Crippen LogP contribution in [0.5, 0.6) is 5.75 Å². The summed E-state index contributed by atoms with van der Waals surface area (Å²) in [6, 6.07) is 14.3. The summed E-state index contributed by atoms with van der Waals surface area (Å²) in [6.45, 7) is 0.755. The Morgan fingerprint density at radius 2 is 2.00 bits per heavy atom. The molecule has 126 valence electrons. The van der Waals surface area contributed by atoms with Gasteiger partial charge in [0.15, 0.2) is 6.10 Å². The third kappa shape index (κ3) is 2.50. The van der Waals surface area contributed by atoms with Gasteiger partial charge in [0.25, 0.3) is 5.91 Å². The summed E-state index contributed by atoms with van der Waals surface area (Å²) < 4.78 is 5.97. The predicted octanol–water partition coefficient (Wildman–Crippen LogP) is 4.29. The van der Waals surface area contributed by atoms with Crippen molar-refractivity contribution in [3.63, 3.8) is 0 Å². The van der Waals surface area contributed by atoms with Crippen molar-refractivity contribution in [3.05, 3.63) is 74.1 Å². The molecule has 2 atom stereocenters. The van der Waals surface area contributed by atoms with Crippen molar-refractivity contribution in [3.8, 4) is 5.75 Å². The maximum Gasteiger partial charge on any atom is 0.264 e. The maximum atomic E-state index is 13.3. The van der Waals surface area contributed by atoms with Gasteiger partial charge in [-0.05, 0) is 46.5 Å². The van der Waals surface area contributed by atoms with Gasteiger partial charge in [-0.1, -0.05) is 24.3 Å². The molecule has 0 unspecified atom stereocenters. The quantitative estimate of drug-likeness (QED) is 0.676. The summed E-state index contributed by atoms with van der Waals surface area (Å²) in [5.74, 6) is 0.952. The van der Waals surface area contributed by atoms with E-state index in [4.69, 9.17) is 4.74 Å². The molecule has 0 N–H and O–H groups in total. The van der Waals surface area contributed by atoms with Gasteiger partial charge in [-0.25, -0.2) is 0 Å². The smallest absolute Gasteiger partial charge is 0.264 e. The summed E-state index contributed by atoms with van der Waals surface area (Å²) in [6.07, 6.45) is 1.19. The zero-order valence-electron chi connectivity index (χ0n) is 13.6. The molecule has 2 aliphatic heterocycles. The minimum atomic E-state index is -0.403. The Morgan fingerprint density at radius 1 is 1.08 bits per heavy atom. The Hall–Kier alpha value is -2.11. The van der Waals surface area contributed by atoms with Gasteiger partial charge >= 0.3 is 0 Å². The lowest BCUT2D eigenvalue weighted by atomic mass is 9.97. The molecule has 4 heterocycles. The first-order valence-electron chi connectivity index (χ1n) is 8.46. The van der Waals surface area contributed by atoms with Crippen LogP contribution in [-0.2, 0) is 17.6 Å². The minimum absolute atomic E-state index is 0.0230. The first-order valence-corrected chi connectivity index (χ1v) is 10.2. The summed E-state index contributed by atoms with van der Waals surface area (Å²) in [7, 11) is 0. The highest BCUT2D eigenvalue weighted by atomic mass is 32.1. The molecule has 25 heavy (non-hydrogen) atoms. The maximum absolute atomic E-state index is 13.3. The standard InChI is InChI=1S/C20H17NO2S2/c22-20(16-12-13-4-1-2-5-15(13)23-16)21-9-7-17-14(8-11-25-17)19(21)18-6-3-10-24-18/h1-6,8,10-11,16,19H,7,9,12H2/t16-,19+/m1/s1. The Bertz CT molecular complexity index is 890. The van der Waals surface area contributed by atoms with Crippen molar-refractivity contribution < 1.29 is 9.53 Å². The second kappa shape index (κ2) is 6.00. The number of nitrogens with zero attached hydrogens (tertiary/aromatic N) is 1. The van der Waals surface area contributed by atoms with Gasteiger partial charge in [0.1, 0.15) is 5.75 Å². The van der Waals surface area contributed by atoms with Crippen LogP contribution in [0, 0.1) is 0 Å². The number of ether oxygens (including phenoxy) is 1. The fourth-order valence-corrected chi connectivity index (χ4v) is 5.57. The first-order chi connectivity index (χ1) is 12.3. The number of hydrogen-bond acceptors (Lipinski definition) is 4. The summed E-state index contributed by atoms with van der Waals surface area (Å²) in [5.41, 5.74) is 2.41. The molecule has 0 spiro atoms. The molecule has 5 heteroatoms. The summed E-state index contributed by atoms with van der Waals surface area (Å²) in [5, 5.41) is 4.22. The van der Waals surface area contributed by atoms with Gasteiger partial charge in [-0.2, -0.15) is 0 Å². The van der Waals surface area contributed by atoms with Crippen molar-refractivity contribution in [1.29, 1.82) is 0 Å². The average Bonchev–Trinajstić information content (AvgIpc) is 3.39. The van der Waals surface area contributed by atoms with E-state index in [2.05, 4.69) is 29.0 Å². The van der Waals surface area contributed by atoms with Crippen LogP contribution in [0.15, 0.2) is 53.2 Å². The fraction of sp³-hybridized carbons (Fsp3) is 0.250. The monoisotopic (exact) mass is 367 g/mol. The average molecular weight is 367 g/mol. The number of para-hydroxylation sites is 1. The van der Waals surface area contributed by atoms with Crippen molar-refractivity contribution in [2.45, 2.75) is 25.0 Å². The number of benzene rings is 1. The summed E-state index contributed by atoms with van der Waals surface area (Å²) >= 11 is 3.52. The van der Waals surface area contributed by atoms with E-state index in [0.717, 1.165) is 24.3 Å². The molecule has 0 radical (unpaired) electrons. The van der Waals surface area contributed by atoms with Crippen LogP contribution < -0.4 is 4.74 Å². The van der Waals surface area contributed by atoms with Crippen LogP contribution in [0.4, 0.5) is 0 Å². The van der Waals surface area contributed by atoms with Crippen molar-refractivity contribution in [2.75, 3.05) is 6.54 Å². The van der Waals surface area contributed by atoms with Crippen molar-refractivity contribution >= 4 is 28.6 Å². The fourth-order valence-electron chi connectivity index (χ4n) is 3.81. The highest BCUT2D eigenvalue weighted by molar-refractivity contribution is 7.10. The Balaban J connectivity index is 1.48. The molecular weight excluding hydrogens is 350 g/mol. The molecule has 2 aromatic heterocycles. The summed E-state index contributed by atoms with van der Waals surface area (Å²) in [4.78, 5) is 18.0. The zero-order valence-corrected chi connectivity index (χ0v) is 15.2. The molecule has 0 aliphatic carbocycles. The van der Waals surface area contributed by atoms with Gasteiger partial charge in [0, 0.05) is 22.7 Å². The number of carbonyl (C=O) groups is 1. The van der Waals surface area contributed by atoms with Crippen LogP contribution in [-0.4, -0.2) is 23.5 Å². The molecule has 2 aliphatic rings. The van der Waals surface area contributed by atoms with Gasteiger partial charge in [0.2, 0.25) is 0 Å². The van der Waals surface area contributed by atoms with Crippen LogP contribution in [0.3, 0.4) is 0 Å². The number of amides is 1. The number of carbonyl (C=O) groups excluding carboxylic acids is 1. The highest BCUT2D eigenvalue weighted by Crippen LogP contribution is 2.40. The number of thiophene rings is 2. The Morgan fingerprint density at radius 3 is 2.84 bits per heavy atom. The van der Waals surface area contributed by atoms with Crippen LogP contribution >= 0.6 is 22.7 Å². The van der Waals surface area contributed by atoms with E-state index in [0.29, 0.717) is 6.42 Å². The van der Waals surface area contributed by atoms with Gasteiger partial charge in [-0.15, -0.1) is 22.7 Å². The molecule has 5 rings (SSSR count). The van der Waals surface area contributed by atoms with E-state index in [1.165, 1.54) is 15.3 Å². The second-order valence-corrected chi connectivity index (χ2v) is 8.40. The normalized spacial score (nSPS) is 21.5. The lowest BCUT2D eigenvalue weighted by Crippen LogP contribution is -2.46. The van der Waals surface area contributed by atoms with Gasteiger partial charge in [-0.3, -0.25) is 4.79 Å². The van der Waals surface area contributed by atoms with Crippen LogP contribution in [0.2, 0.25) is 0 Å². The van der Waals surface area contributed by atoms with Crippen molar-refractivity contribution in [2.24, 2.45) is 0 Å². The molecule has 0 bridgehead atoms. The Kier molecular flexibility index (Phi) is 3.64. The van der Waals surface area contributed by atoms with E-state index >= 15 is 0 Å². The first kappa shape index (κ1) is 15.2. The van der Waals surface area contributed by atoms with Crippen LogP contribution in [0.25, 0.3) is 0 Å².